The van der Waals surface area contributed by atoms with Crippen LogP contribution in [0.1, 0.15) is 27.7 Å². The highest BCUT2D eigenvalue weighted by molar-refractivity contribution is 5.89. The maximum atomic E-state index is 12.1. The Bertz CT molecular complexity index is 893. The molecule has 0 aliphatic heterocycles. The molecule has 0 saturated carbocycles. The Balaban J connectivity index is 1.57. The van der Waals surface area contributed by atoms with Gasteiger partial charge >= 0.3 is 11.8 Å². The van der Waals surface area contributed by atoms with Crippen LogP contribution >= 0.6 is 0 Å². The minimum Gasteiger partial charge on any atom is -0.493 e. The van der Waals surface area contributed by atoms with Gasteiger partial charge in [-0.15, -0.1) is 10.2 Å². The van der Waals surface area contributed by atoms with E-state index in [1.807, 2.05) is 48.5 Å². The van der Waals surface area contributed by atoms with Gasteiger partial charge in [0.15, 0.2) is 11.5 Å². The molecule has 2 aromatic carbocycles. The smallest absolute Gasteiger partial charge is 0.308 e. The number of methoxy groups -OCH3 is 2. The molecule has 27 heavy (non-hydrogen) atoms. The molecule has 0 aliphatic carbocycles. The van der Waals surface area contributed by atoms with Crippen molar-refractivity contribution in [3.8, 4) is 11.5 Å². The van der Waals surface area contributed by atoms with E-state index < -0.39 is 0 Å². The molecule has 0 unspecified atom stereocenters. The van der Waals surface area contributed by atoms with Gasteiger partial charge in [0.2, 0.25) is 5.89 Å². The van der Waals surface area contributed by atoms with Crippen molar-refractivity contribution in [2.24, 2.45) is 0 Å². The van der Waals surface area contributed by atoms with Crippen molar-refractivity contribution in [2.75, 3.05) is 20.8 Å². The van der Waals surface area contributed by atoms with E-state index >= 15 is 0 Å². The van der Waals surface area contributed by atoms with Gasteiger partial charge in [0, 0.05) is 6.54 Å². The maximum Gasteiger partial charge on any atom is 0.308 e. The van der Waals surface area contributed by atoms with Crippen LogP contribution < -0.4 is 14.8 Å². The van der Waals surface area contributed by atoms with Gasteiger partial charge in [-0.2, -0.15) is 0 Å². The van der Waals surface area contributed by atoms with E-state index in [0.717, 1.165) is 17.5 Å². The summed E-state index contributed by atoms with van der Waals surface area (Å²) in [5.74, 6) is 1.20. The topological polar surface area (TPSA) is 86.5 Å². The third-order valence-corrected chi connectivity index (χ3v) is 4.01. The molecule has 140 valence electrons. The molecule has 0 bridgehead atoms. The molecule has 0 spiro atoms. The summed E-state index contributed by atoms with van der Waals surface area (Å²) in [5, 5.41) is 10.6. The molecule has 0 fully saturated rings. The number of aromatic nitrogens is 2. The molecule has 1 aromatic heterocycles. The highest BCUT2D eigenvalue weighted by Gasteiger charge is 2.15. The van der Waals surface area contributed by atoms with Crippen LogP contribution in [-0.4, -0.2) is 36.9 Å². The Labute approximate surface area is 157 Å². The fourth-order valence-electron chi connectivity index (χ4n) is 2.62. The number of rotatable bonds is 8. The van der Waals surface area contributed by atoms with E-state index in [1.54, 1.807) is 14.2 Å². The standard InChI is InChI=1S/C20H21N3O4/c1-25-16-9-8-15(12-17(16)26-2)13-18-22-23-20(27-18)19(24)21-11-10-14-6-4-3-5-7-14/h3-9,12H,10-11,13H2,1-2H3,(H,21,24). The lowest BCUT2D eigenvalue weighted by Gasteiger charge is -2.08. The van der Waals surface area contributed by atoms with Crippen LogP contribution in [0.2, 0.25) is 0 Å². The molecule has 0 aliphatic rings. The van der Waals surface area contributed by atoms with Crippen molar-refractivity contribution in [3.63, 3.8) is 0 Å². The van der Waals surface area contributed by atoms with Gasteiger partial charge in [0.25, 0.3) is 0 Å². The van der Waals surface area contributed by atoms with E-state index in [4.69, 9.17) is 13.9 Å². The van der Waals surface area contributed by atoms with Crippen LogP contribution in [0.25, 0.3) is 0 Å². The Morgan fingerprint density at radius 3 is 2.52 bits per heavy atom. The lowest BCUT2D eigenvalue weighted by molar-refractivity contribution is 0.0918. The fourth-order valence-corrected chi connectivity index (χ4v) is 2.62. The first-order valence-corrected chi connectivity index (χ1v) is 8.55. The normalized spacial score (nSPS) is 10.4. The van der Waals surface area contributed by atoms with Crippen LogP contribution in [0.15, 0.2) is 52.9 Å². The average Bonchev–Trinajstić information content (AvgIpc) is 3.17. The highest BCUT2D eigenvalue weighted by atomic mass is 16.5. The molecule has 7 heteroatoms. The van der Waals surface area contributed by atoms with Gasteiger partial charge in [-0.05, 0) is 29.7 Å². The average molecular weight is 367 g/mol. The van der Waals surface area contributed by atoms with Crippen LogP contribution in [0.3, 0.4) is 0 Å². The van der Waals surface area contributed by atoms with Gasteiger partial charge < -0.3 is 19.2 Å². The quantitative estimate of drug-likeness (QED) is 0.659. The van der Waals surface area contributed by atoms with E-state index in [-0.39, 0.29) is 11.8 Å². The number of ether oxygens (including phenoxy) is 2. The number of carbonyl (C=O) groups is 1. The van der Waals surface area contributed by atoms with E-state index in [0.29, 0.717) is 30.4 Å². The van der Waals surface area contributed by atoms with Crippen molar-refractivity contribution in [2.45, 2.75) is 12.8 Å². The van der Waals surface area contributed by atoms with Crippen molar-refractivity contribution in [3.05, 3.63) is 71.4 Å². The third kappa shape index (κ3) is 4.84. The molecule has 7 nitrogen and oxygen atoms in total. The van der Waals surface area contributed by atoms with Crippen molar-refractivity contribution >= 4 is 5.91 Å². The number of amides is 1. The Morgan fingerprint density at radius 1 is 1.00 bits per heavy atom. The summed E-state index contributed by atoms with van der Waals surface area (Å²) in [5.41, 5.74) is 2.06. The Hall–Kier alpha value is -3.35. The second kappa shape index (κ2) is 8.84. The molecule has 3 aromatic rings. The summed E-state index contributed by atoms with van der Waals surface area (Å²) in [6.45, 7) is 0.496. The van der Waals surface area contributed by atoms with Crippen LogP contribution in [0.5, 0.6) is 11.5 Å². The van der Waals surface area contributed by atoms with Crippen LogP contribution in [-0.2, 0) is 12.8 Å². The number of hydrogen-bond donors (Lipinski definition) is 1. The van der Waals surface area contributed by atoms with Crippen molar-refractivity contribution in [1.82, 2.24) is 15.5 Å². The van der Waals surface area contributed by atoms with Crippen molar-refractivity contribution in [1.29, 1.82) is 0 Å². The molecular formula is C20H21N3O4. The Morgan fingerprint density at radius 2 is 1.78 bits per heavy atom. The lowest BCUT2D eigenvalue weighted by atomic mass is 10.1. The van der Waals surface area contributed by atoms with Gasteiger partial charge in [-0.25, -0.2) is 0 Å². The first-order valence-electron chi connectivity index (χ1n) is 8.55. The SMILES string of the molecule is COc1ccc(Cc2nnc(C(=O)NCCc3ccccc3)o2)cc1OC. The molecule has 1 heterocycles. The molecule has 1 N–H and O–H groups in total. The van der Waals surface area contributed by atoms with Crippen LogP contribution in [0, 0.1) is 0 Å². The lowest BCUT2D eigenvalue weighted by Crippen LogP contribution is -2.26. The number of nitrogens with one attached hydrogen (secondary N) is 1. The highest BCUT2D eigenvalue weighted by Crippen LogP contribution is 2.28. The van der Waals surface area contributed by atoms with E-state index in [9.17, 15) is 4.79 Å². The maximum absolute atomic E-state index is 12.1. The molecular weight excluding hydrogens is 346 g/mol. The predicted octanol–water partition coefficient (Wildman–Crippen LogP) is 2.65. The zero-order chi connectivity index (χ0) is 19.1. The molecule has 0 radical (unpaired) electrons. The van der Waals surface area contributed by atoms with Gasteiger partial charge in [0.1, 0.15) is 0 Å². The molecule has 1 amide bonds. The summed E-state index contributed by atoms with van der Waals surface area (Å²) >= 11 is 0. The third-order valence-electron chi connectivity index (χ3n) is 4.01. The minimum absolute atomic E-state index is 0.0430. The Kier molecular flexibility index (Phi) is 6.04. The summed E-state index contributed by atoms with van der Waals surface area (Å²) in [7, 11) is 3.16. The van der Waals surface area contributed by atoms with Crippen LogP contribution in [0.4, 0.5) is 0 Å². The van der Waals surface area contributed by atoms with E-state index in [1.165, 1.54) is 0 Å². The fraction of sp³-hybridized carbons (Fsp3) is 0.250. The van der Waals surface area contributed by atoms with Gasteiger partial charge in [0.05, 0.1) is 20.6 Å². The zero-order valence-corrected chi connectivity index (χ0v) is 15.3. The first kappa shape index (κ1) is 18.4. The zero-order valence-electron chi connectivity index (χ0n) is 15.3. The summed E-state index contributed by atoms with van der Waals surface area (Å²) < 4.78 is 16.0. The molecule has 3 rings (SSSR count). The van der Waals surface area contributed by atoms with Gasteiger partial charge in [-0.3, -0.25) is 4.79 Å². The summed E-state index contributed by atoms with van der Waals surface area (Å²) in [4.78, 5) is 12.1. The van der Waals surface area contributed by atoms with Gasteiger partial charge in [-0.1, -0.05) is 36.4 Å². The molecule has 0 saturated heterocycles. The van der Waals surface area contributed by atoms with Crippen molar-refractivity contribution < 1.29 is 18.7 Å². The second-order valence-electron chi connectivity index (χ2n) is 5.86. The number of carbonyl (C=O) groups excluding carboxylic acids is 1. The number of benzene rings is 2. The summed E-state index contributed by atoms with van der Waals surface area (Å²) in [6.07, 6.45) is 1.13. The minimum atomic E-state index is -0.378. The predicted molar refractivity (Wildman–Crippen MR) is 99.1 cm³/mol. The molecule has 0 atom stereocenters. The number of hydrogen-bond acceptors (Lipinski definition) is 6. The largest absolute Gasteiger partial charge is 0.493 e. The summed E-state index contributed by atoms with van der Waals surface area (Å²) in [6, 6.07) is 15.4. The monoisotopic (exact) mass is 367 g/mol. The number of nitrogens with zero attached hydrogens (tertiary/aromatic N) is 2. The first-order chi connectivity index (χ1) is 13.2. The van der Waals surface area contributed by atoms with E-state index in [2.05, 4.69) is 15.5 Å². The second-order valence-corrected chi connectivity index (χ2v) is 5.86.